The molecule has 0 saturated carbocycles. The number of likely N-dealkylation sites (N-methyl/N-ethyl adjacent to an activating group) is 1. The molecule has 2 N–H and O–H groups in total. The molecule has 0 radical (unpaired) electrons. The molecule has 1 atom stereocenters. The second-order valence-corrected chi connectivity index (χ2v) is 8.50. The fraction of sp³-hybridized carbons (Fsp3) is 0.111. The summed E-state index contributed by atoms with van der Waals surface area (Å²) in [5, 5.41) is 2.92. The molecule has 4 aromatic rings. The maximum atomic E-state index is 13.5. The van der Waals surface area contributed by atoms with E-state index in [-0.39, 0.29) is 5.91 Å². The Balaban J connectivity index is 1.63. The van der Waals surface area contributed by atoms with Crippen LogP contribution in [0.25, 0.3) is 10.8 Å². The molecule has 1 aliphatic rings. The van der Waals surface area contributed by atoms with Gasteiger partial charge in [0.1, 0.15) is 6.04 Å². The minimum atomic E-state index is -0.556. The Morgan fingerprint density at radius 2 is 1.69 bits per heavy atom. The van der Waals surface area contributed by atoms with Crippen molar-refractivity contribution in [1.82, 2.24) is 0 Å². The number of benzene rings is 4. The summed E-state index contributed by atoms with van der Waals surface area (Å²) in [6.45, 7) is 0. The molecule has 1 heterocycles. The van der Waals surface area contributed by atoms with E-state index in [0.717, 1.165) is 33.5 Å². The lowest BCUT2D eigenvalue weighted by molar-refractivity contribution is -0.119. The van der Waals surface area contributed by atoms with E-state index >= 15 is 0 Å². The van der Waals surface area contributed by atoms with E-state index in [0.29, 0.717) is 17.1 Å². The Bertz CT molecular complexity index is 1360. The molecule has 0 aliphatic carbocycles. The predicted molar refractivity (Wildman–Crippen MR) is 133 cm³/mol. The summed E-state index contributed by atoms with van der Waals surface area (Å²) in [5.74, 6) is -0.0489. The zero-order valence-electron chi connectivity index (χ0n) is 17.6. The van der Waals surface area contributed by atoms with E-state index in [2.05, 4.69) is 30.3 Å². The van der Waals surface area contributed by atoms with Crippen molar-refractivity contribution in [2.75, 3.05) is 17.7 Å². The van der Waals surface area contributed by atoms with E-state index < -0.39 is 6.04 Å². The average Bonchev–Trinajstić information content (AvgIpc) is 2.90. The van der Waals surface area contributed by atoms with Crippen molar-refractivity contribution in [2.45, 2.75) is 12.5 Å². The molecule has 1 amide bonds. The van der Waals surface area contributed by atoms with Crippen molar-refractivity contribution in [3.8, 4) is 0 Å². The number of amides is 1. The third-order valence-corrected chi connectivity index (χ3v) is 6.14. The summed E-state index contributed by atoms with van der Waals surface area (Å²) in [4.78, 5) is 20.1. The second kappa shape index (κ2) is 8.13. The molecule has 0 aromatic heterocycles. The second-order valence-electron chi connectivity index (χ2n) is 8.06. The number of nitrogen functional groups attached to an aromatic ring is 1. The molecule has 5 heteroatoms. The smallest absolute Gasteiger partial charge is 0.251 e. The number of rotatable bonds is 3. The van der Waals surface area contributed by atoms with Gasteiger partial charge >= 0.3 is 0 Å². The van der Waals surface area contributed by atoms with Gasteiger partial charge in [0.25, 0.3) is 5.91 Å². The number of hydrogen-bond donors (Lipinski definition) is 1. The average molecular weight is 440 g/mol. The van der Waals surface area contributed by atoms with Gasteiger partial charge in [0.15, 0.2) is 0 Å². The summed E-state index contributed by atoms with van der Waals surface area (Å²) < 4.78 is 0. The Morgan fingerprint density at radius 1 is 0.938 bits per heavy atom. The third kappa shape index (κ3) is 3.74. The summed E-state index contributed by atoms with van der Waals surface area (Å²) >= 11 is 6.34. The van der Waals surface area contributed by atoms with Crippen LogP contribution in [0.15, 0.2) is 89.9 Å². The number of nitrogens with zero attached hydrogens (tertiary/aromatic N) is 2. The molecule has 0 saturated heterocycles. The fourth-order valence-electron chi connectivity index (χ4n) is 4.21. The summed E-state index contributed by atoms with van der Waals surface area (Å²) in [6, 6.07) is 27.1. The normalized spacial score (nSPS) is 15.9. The lowest BCUT2D eigenvalue weighted by Crippen LogP contribution is -2.36. The number of hydrogen-bond acceptors (Lipinski definition) is 3. The molecule has 1 unspecified atom stereocenters. The maximum absolute atomic E-state index is 13.5. The molecule has 32 heavy (non-hydrogen) atoms. The van der Waals surface area contributed by atoms with Crippen LogP contribution in [0.3, 0.4) is 0 Å². The molecule has 0 bridgehead atoms. The van der Waals surface area contributed by atoms with Crippen LogP contribution in [-0.2, 0) is 11.2 Å². The van der Waals surface area contributed by atoms with Gasteiger partial charge in [0.2, 0.25) is 0 Å². The van der Waals surface area contributed by atoms with Gasteiger partial charge in [0, 0.05) is 35.3 Å². The van der Waals surface area contributed by atoms with E-state index in [9.17, 15) is 4.79 Å². The highest BCUT2D eigenvalue weighted by Crippen LogP contribution is 2.31. The highest BCUT2D eigenvalue weighted by molar-refractivity contribution is 6.32. The first kappa shape index (κ1) is 20.3. The highest BCUT2D eigenvalue weighted by atomic mass is 35.5. The first-order valence-electron chi connectivity index (χ1n) is 10.5. The quantitative estimate of drug-likeness (QED) is 0.428. The molecule has 5 rings (SSSR count). The van der Waals surface area contributed by atoms with E-state index in [4.69, 9.17) is 22.3 Å². The van der Waals surface area contributed by atoms with Crippen molar-refractivity contribution in [3.05, 3.63) is 107 Å². The minimum Gasteiger partial charge on any atom is -0.399 e. The Kier molecular flexibility index (Phi) is 5.16. The van der Waals surface area contributed by atoms with E-state index in [1.807, 2.05) is 48.5 Å². The number of carbonyl (C=O) groups is 1. The standard InChI is InChI=1S/C27H22ClN3O/c1-31-25-13-10-21(28)16-23(25)26(19-8-11-22(29)12-9-19)30-24(27(31)32)15-17-6-7-18-4-2-3-5-20(18)14-17/h2-14,16,24H,15,29H2,1H3. The summed E-state index contributed by atoms with van der Waals surface area (Å²) in [6.07, 6.45) is 0.508. The Labute approximate surface area is 192 Å². The molecule has 0 spiro atoms. The van der Waals surface area contributed by atoms with Crippen molar-refractivity contribution in [2.24, 2.45) is 4.99 Å². The SMILES string of the molecule is CN1C(=O)C(Cc2ccc3ccccc3c2)N=C(c2ccc(N)cc2)c2cc(Cl)ccc21. The van der Waals surface area contributed by atoms with Crippen LogP contribution in [0.5, 0.6) is 0 Å². The maximum Gasteiger partial charge on any atom is 0.251 e. The molecule has 158 valence electrons. The lowest BCUT2D eigenvalue weighted by atomic mass is 9.99. The molecule has 4 nitrogen and oxygen atoms in total. The van der Waals surface area contributed by atoms with Crippen molar-refractivity contribution in [1.29, 1.82) is 0 Å². The molecule has 0 fully saturated rings. The number of nitrogens with two attached hydrogens (primary N) is 1. The largest absolute Gasteiger partial charge is 0.399 e. The summed E-state index contributed by atoms with van der Waals surface area (Å²) in [7, 11) is 1.80. The number of anilines is 2. The number of benzodiazepines with no additional fused rings is 1. The van der Waals surface area contributed by atoms with Crippen molar-refractivity contribution < 1.29 is 4.79 Å². The van der Waals surface area contributed by atoms with Gasteiger partial charge in [-0.2, -0.15) is 0 Å². The van der Waals surface area contributed by atoms with Gasteiger partial charge in [0.05, 0.1) is 11.4 Å². The topological polar surface area (TPSA) is 58.7 Å². The highest BCUT2D eigenvalue weighted by Gasteiger charge is 2.30. The van der Waals surface area contributed by atoms with Gasteiger partial charge in [-0.1, -0.05) is 66.2 Å². The minimum absolute atomic E-state index is 0.0489. The zero-order valence-corrected chi connectivity index (χ0v) is 18.4. The van der Waals surface area contributed by atoms with E-state index in [1.165, 1.54) is 5.39 Å². The number of aliphatic imine (C=N–C) groups is 1. The van der Waals surface area contributed by atoms with Crippen LogP contribution in [0, 0.1) is 0 Å². The van der Waals surface area contributed by atoms with Crippen LogP contribution < -0.4 is 10.6 Å². The molecule has 4 aromatic carbocycles. The van der Waals surface area contributed by atoms with Gasteiger partial charge < -0.3 is 10.6 Å². The first-order valence-corrected chi connectivity index (χ1v) is 10.9. The van der Waals surface area contributed by atoms with Gasteiger partial charge in [-0.3, -0.25) is 9.79 Å². The molecular formula is C27H22ClN3O. The fourth-order valence-corrected chi connectivity index (χ4v) is 4.38. The third-order valence-electron chi connectivity index (χ3n) is 5.90. The van der Waals surface area contributed by atoms with E-state index in [1.54, 1.807) is 18.0 Å². The zero-order chi connectivity index (χ0) is 22.2. The van der Waals surface area contributed by atoms with Crippen LogP contribution >= 0.6 is 11.6 Å². The van der Waals surface area contributed by atoms with Crippen LogP contribution in [0.1, 0.15) is 16.7 Å². The first-order chi connectivity index (χ1) is 15.5. The van der Waals surface area contributed by atoms with Gasteiger partial charge in [-0.15, -0.1) is 0 Å². The van der Waals surface area contributed by atoms with Crippen LogP contribution in [-0.4, -0.2) is 24.7 Å². The van der Waals surface area contributed by atoms with Crippen LogP contribution in [0.4, 0.5) is 11.4 Å². The van der Waals surface area contributed by atoms with Gasteiger partial charge in [-0.05, 0) is 46.7 Å². The predicted octanol–water partition coefficient (Wildman–Crippen LogP) is 5.50. The number of fused-ring (bicyclic) bond motifs is 2. The number of halogens is 1. The Hall–Kier alpha value is -3.63. The van der Waals surface area contributed by atoms with Crippen molar-refractivity contribution in [3.63, 3.8) is 0 Å². The molecule has 1 aliphatic heterocycles. The van der Waals surface area contributed by atoms with Crippen LogP contribution in [0.2, 0.25) is 5.02 Å². The molecular weight excluding hydrogens is 418 g/mol. The number of carbonyl (C=O) groups excluding carboxylic acids is 1. The Morgan fingerprint density at radius 3 is 2.47 bits per heavy atom. The lowest BCUT2D eigenvalue weighted by Gasteiger charge is -2.20. The van der Waals surface area contributed by atoms with Gasteiger partial charge in [-0.25, -0.2) is 0 Å². The summed E-state index contributed by atoms with van der Waals surface area (Å²) in [5.41, 5.74) is 10.9. The monoisotopic (exact) mass is 439 g/mol. The van der Waals surface area contributed by atoms with Crippen molar-refractivity contribution >= 4 is 45.4 Å².